The zero-order chi connectivity index (χ0) is 29.6. The Kier molecular flexibility index (Phi) is 9.80. The number of sulfone groups is 1. The van der Waals surface area contributed by atoms with Gasteiger partial charge in [-0.3, -0.25) is 9.59 Å². The third-order valence-corrected chi connectivity index (χ3v) is 8.88. The van der Waals surface area contributed by atoms with Gasteiger partial charge in [-0.15, -0.1) is 13.2 Å². The maximum absolute atomic E-state index is 13.3. The smallest absolute Gasteiger partial charge is 0.497 e. The van der Waals surface area contributed by atoms with Gasteiger partial charge in [0, 0.05) is 30.6 Å². The van der Waals surface area contributed by atoms with Gasteiger partial charge in [0.25, 0.3) is 5.91 Å². The van der Waals surface area contributed by atoms with Gasteiger partial charge >= 0.3 is 6.36 Å². The Morgan fingerprint density at radius 2 is 1.63 bits per heavy atom. The van der Waals surface area contributed by atoms with Crippen molar-refractivity contribution in [2.24, 2.45) is 0 Å². The average Bonchev–Trinajstić information content (AvgIpc) is 3.71. The third-order valence-electron chi connectivity index (χ3n) is 7.27. The number of benzene rings is 2. The predicted octanol–water partition coefficient (Wildman–Crippen LogP) is 3.27. The van der Waals surface area contributed by atoms with E-state index in [2.05, 4.69) is 27.5 Å². The minimum absolute atomic E-state index is 0.0486. The predicted molar refractivity (Wildman–Crippen MR) is 146 cm³/mol. The van der Waals surface area contributed by atoms with E-state index in [0.29, 0.717) is 24.8 Å². The lowest BCUT2D eigenvalue weighted by atomic mass is 10.1. The molecule has 0 aromatic heterocycles. The zero-order valence-corrected chi connectivity index (χ0v) is 23.5. The molecule has 2 N–H and O–H groups in total. The molecule has 1 saturated heterocycles. The number of methoxy groups -OCH3 is 1. The SMILES string of the molecule is COc1ccc([C@@H]2CC2NCCCC[C@H](NC(=O)c2ccc(OC(F)(F)F)cc2)C(=O)N2CCS(=O)(=O)CC2)cc1. The van der Waals surface area contributed by atoms with Gasteiger partial charge in [0.15, 0.2) is 9.84 Å². The molecule has 2 amide bonds. The van der Waals surface area contributed by atoms with E-state index in [1.807, 2.05) is 12.1 Å². The summed E-state index contributed by atoms with van der Waals surface area (Å²) in [5.74, 6) is -0.480. The Morgan fingerprint density at radius 3 is 2.24 bits per heavy atom. The second-order valence-corrected chi connectivity index (χ2v) is 12.6. The molecule has 1 aliphatic carbocycles. The molecule has 2 aromatic rings. The molecule has 1 unspecified atom stereocenters. The summed E-state index contributed by atoms with van der Waals surface area (Å²) in [6.45, 7) is 0.828. The van der Waals surface area contributed by atoms with Crippen LogP contribution in [0.2, 0.25) is 0 Å². The van der Waals surface area contributed by atoms with Gasteiger partial charge in [-0.1, -0.05) is 12.1 Å². The molecule has 1 saturated carbocycles. The maximum atomic E-state index is 13.3. The molecule has 0 radical (unpaired) electrons. The van der Waals surface area contributed by atoms with E-state index in [-0.39, 0.29) is 36.1 Å². The van der Waals surface area contributed by atoms with Crippen LogP contribution in [-0.4, -0.2) is 81.8 Å². The number of nitrogens with zero attached hydrogens (tertiary/aromatic N) is 1. The van der Waals surface area contributed by atoms with Crippen LogP contribution in [0.15, 0.2) is 48.5 Å². The minimum atomic E-state index is -4.85. The van der Waals surface area contributed by atoms with E-state index in [1.165, 1.54) is 22.6 Å². The first-order valence-electron chi connectivity index (χ1n) is 13.5. The molecule has 224 valence electrons. The van der Waals surface area contributed by atoms with Crippen LogP contribution in [0.3, 0.4) is 0 Å². The number of nitrogens with one attached hydrogen (secondary N) is 2. The molecule has 4 rings (SSSR count). The van der Waals surface area contributed by atoms with Crippen molar-refractivity contribution in [2.75, 3.05) is 38.2 Å². The van der Waals surface area contributed by atoms with Crippen molar-refractivity contribution in [2.45, 2.75) is 50.0 Å². The third kappa shape index (κ3) is 9.09. The number of carbonyl (C=O) groups is 2. The summed E-state index contributed by atoms with van der Waals surface area (Å²) < 4.78 is 70.0. The van der Waals surface area contributed by atoms with Crippen LogP contribution in [0.1, 0.15) is 47.5 Å². The number of alkyl halides is 3. The molecule has 2 aliphatic rings. The van der Waals surface area contributed by atoms with Crippen molar-refractivity contribution in [3.05, 3.63) is 59.7 Å². The highest BCUT2D eigenvalue weighted by atomic mass is 32.2. The molecule has 1 aliphatic heterocycles. The van der Waals surface area contributed by atoms with Crippen molar-refractivity contribution in [3.63, 3.8) is 0 Å². The topological polar surface area (TPSA) is 114 Å². The molecule has 2 aromatic carbocycles. The quantitative estimate of drug-likeness (QED) is 0.361. The second-order valence-electron chi connectivity index (χ2n) is 10.2. The van der Waals surface area contributed by atoms with Crippen LogP contribution < -0.4 is 20.1 Å². The Morgan fingerprint density at radius 1 is 1.00 bits per heavy atom. The van der Waals surface area contributed by atoms with Crippen molar-refractivity contribution in [1.29, 1.82) is 0 Å². The lowest BCUT2D eigenvalue weighted by molar-refractivity contribution is -0.274. The highest BCUT2D eigenvalue weighted by molar-refractivity contribution is 7.91. The standard InChI is InChI=1S/C28H34F3N3O6S/c1-39-21-9-5-19(6-10-21)23-18-25(23)32-13-3-2-4-24(27(36)34-14-16-41(37,38)17-15-34)33-26(35)20-7-11-22(12-8-20)40-28(29,30)31/h5-12,23-25,32H,2-4,13-18H2,1H3,(H,33,35)/t23-,24-,25?/m0/s1. The second kappa shape index (κ2) is 13.1. The molecule has 0 bridgehead atoms. The monoisotopic (exact) mass is 597 g/mol. The normalized spacial score (nSPS) is 20.6. The highest BCUT2D eigenvalue weighted by Crippen LogP contribution is 2.41. The molecule has 3 atom stereocenters. The van der Waals surface area contributed by atoms with Crippen LogP contribution in [0.4, 0.5) is 13.2 Å². The van der Waals surface area contributed by atoms with Gasteiger partial charge in [-0.05, 0) is 74.2 Å². The Hall–Kier alpha value is -3.32. The summed E-state index contributed by atoms with van der Waals surface area (Å²) in [5, 5.41) is 6.22. The van der Waals surface area contributed by atoms with Crippen LogP contribution >= 0.6 is 0 Å². The summed E-state index contributed by atoms with van der Waals surface area (Å²) in [6, 6.07) is 11.9. The van der Waals surface area contributed by atoms with Gasteiger partial charge in [0.2, 0.25) is 5.91 Å². The van der Waals surface area contributed by atoms with Crippen LogP contribution in [-0.2, 0) is 14.6 Å². The van der Waals surface area contributed by atoms with E-state index in [1.54, 1.807) is 7.11 Å². The molecule has 13 heteroatoms. The number of hydrogen-bond donors (Lipinski definition) is 2. The summed E-state index contributed by atoms with van der Waals surface area (Å²) in [7, 11) is -1.57. The number of rotatable bonds is 12. The number of carbonyl (C=O) groups excluding carboxylic acids is 2. The minimum Gasteiger partial charge on any atom is -0.497 e. The number of halogens is 3. The van der Waals surface area contributed by atoms with Crippen molar-refractivity contribution < 1.29 is 40.7 Å². The average molecular weight is 598 g/mol. The van der Waals surface area contributed by atoms with Crippen LogP contribution in [0, 0.1) is 0 Å². The Labute approximate surface area is 237 Å². The van der Waals surface area contributed by atoms with Gasteiger partial charge in [-0.25, -0.2) is 8.42 Å². The first-order chi connectivity index (χ1) is 19.4. The van der Waals surface area contributed by atoms with E-state index in [9.17, 15) is 31.2 Å². The first-order valence-corrected chi connectivity index (χ1v) is 15.3. The first kappa shape index (κ1) is 30.6. The van der Waals surface area contributed by atoms with Gasteiger partial charge in [0.1, 0.15) is 17.5 Å². The zero-order valence-electron chi connectivity index (χ0n) is 22.7. The van der Waals surface area contributed by atoms with Gasteiger partial charge < -0.3 is 25.0 Å². The summed E-state index contributed by atoms with van der Waals surface area (Å²) in [5.41, 5.74) is 1.32. The van der Waals surface area contributed by atoms with E-state index in [4.69, 9.17) is 4.74 Å². The fourth-order valence-electron chi connectivity index (χ4n) is 4.86. The van der Waals surface area contributed by atoms with E-state index in [0.717, 1.165) is 37.3 Å². The lowest BCUT2D eigenvalue weighted by Crippen LogP contribution is -2.52. The number of hydrogen-bond acceptors (Lipinski definition) is 7. The molecule has 41 heavy (non-hydrogen) atoms. The molecular formula is C28H34F3N3O6S. The fourth-order valence-corrected chi connectivity index (χ4v) is 6.06. The Balaban J connectivity index is 1.29. The molecule has 1 heterocycles. The fraction of sp³-hybridized carbons (Fsp3) is 0.500. The Bertz CT molecular complexity index is 1290. The molecule has 9 nitrogen and oxygen atoms in total. The van der Waals surface area contributed by atoms with E-state index >= 15 is 0 Å². The lowest BCUT2D eigenvalue weighted by Gasteiger charge is -2.30. The number of unbranched alkanes of at least 4 members (excludes halogenated alkanes) is 1. The molecular weight excluding hydrogens is 563 g/mol. The number of ether oxygens (including phenoxy) is 2. The van der Waals surface area contributed by atoms with Crippen molar-refractivity contribution >= 4 is 21.7 Å². The number of amides is 2. The van der Waals surface area contributed by atoms with Crippen LogP contribution in [0.25, 0.3) is 0 Å². The maximum Gasteiger partial charge on any atom is 0.573 e. The van der Waals surface area contributed by atoms with E-state index < -0.39 is 33.9 Å². The summed E-state index contributed by atoms with van der Waals surface area (Å²) in [6.07, 6.45) is -2.11. The molecule has 0 spiro atoms. The summed E-state index contributed by atoms with van der Waals surface area (Å²) in [4.78, 5) is 27.6. The van der Waals surface area contributed by atoms with Crippen LogP contribution in [0.5, 0.6) is 11.5 Å². The van der Waals surface area contributed by atoms with Gasteiger partial charge in [-0.2, -0.15) is 0 Å². The summed E-state index contributed by atoms with van der Waals surface area (Å²) >= 11 is 0. The largest absolute Gasteiger partial charge is 0.573 e. The van der Waals surface area contributed by atoms with Crippen molar-refractivity contribution in [3.8, 4) is 11.5 Å². The molecule has 2 fully saturated rings. The van der Waals surface area contributed by atoms with Gasteiger partial charge in [0.05, 0.1) is 18.6 Å². The highest BCUT2D eigenvalue weighted by Gasteiger charge is 2.37. The van der Waals surface area contributed by atoms with Crippen molar-refractivity contribution in [1.82, 2.24) is 15.5 Å².